The Kier molecular flexibility index (Phi) is 66.1. The fourth-order valence-corrected chi connectivity index (χ4v) is 10.5. The van der Waals surface area contributed by atoms with E-state index < -0.39 is 6.10 Å². The first-order valence-electron chi connectivity index (χ1n) is 35.3. The summed E-state index contributed by atoms with van der Waals surface area (Å²) in [4.78, 5) is 38.4. The molecule has 0 saturated heterocycles. The highest BCUT2D eigenvalue weighted by Crippen LogP contribution is 2.18. The van der Waals surface area contributed by atoms with Crippen LogP contribution in [0.2, 0.25) is 0 Å². The van der Waals surface area contributed by atoms with E-state index in [1.807, 2.05) is 0 Å². The number of hydrogen-bond acceptors (Lipinski definition) is 6. The van der Waals surface area contributed by atoms with Gasteiger partial charge in [-0.25, -0.2) is 0 Å². The Bertz CT molecular complexity index is 1430. The molecule has 466 valence electrons. The minimum absolute atomic E-state index is 0.0713. The van der Waals surface area contributed by atoms with E-state index in [1.54, 1.807) is 0 Å². The van der Waals surface area contributed by atoms with Crippen LogP contribution in [0.5, 0.6) is 0 Å². The van der Waals surface area contributed by atoms with E-state index in [0.29, 0.717) is 19.3 Å². The number of rotatable bonds is 65. The normalized spacial score (nSPS) is 12.4. The monoisotopic (exact) mass is 1120 g/mol. The summed E-state index contributed by atoms with van der Waals surface area (Å²) in [6.07, 6.45) is 88.2. The van der Waals surface area contributed by atoms with Gasteiger partial charge in [-0.3, -0.25) is 14.4 Å². The zero-order valence-corrected chi connectivity index (χ0v) is 53.6. The van der Waals surface area contributed by atoms with Crippen molar-refractivity contribution in [2.75, 3.05) is 13.2 Å². The third-order valence-corrected chi connectivity index (χ3v) is 15.8. The number of allylic oxidation sites excluding steroid dienone is 10. The molecule has 0 aliphatic heterocycles. The molecule has 0 heterocycles. The van der Waals surface area contributed by atoms with Crippen LogP contribution in [0.25, 0.3) is 0 Å². The van der Waals surface area contributed by atoms with E-state index in [4.69, 9.17) is 14.2 Å². The van der Waals surface area contributed by atoms with Gasteiger partial charge in [0.15, 0.2) is 6.10 Å². The molecule has 0 radical (unpaired) electrons. The maximum absolute atomic E-state index is 12.9. The molecule has 0 spiro atoms. The second kappa shape index (κ2) is 68.6. The SMILES string of the molecule is CC/C=C\C/C=C\C/C=C\C/C=C\CCCCCCCCCCCCCCCCCCC(=O)OCC(COC(=O)CCCCCCC/C=C\CCCCCCC)OC(=O)CCCCCCCCCCCCCCCCCCCCC. The van der Waals surface area contributed by atoms with Crippen molar-refractivity contribution in [1.29, 1.82) is 0 Å². The van der Waals surface area contributed by atoms with Gasteiger partial charge in [0.2, 0.25) is 0 Å². The lowest BCUT2D eigenvalue weighted by molar-refractivity contribution is -0.167. The molecule has 0 aromatic carbocycles. The van der Waals surface area contributed by atoms with E-state index in [2.05, 4.69) is 81.5 Å². The van der Waals surface area contributed by atoms with Crippen molar-refractivity contribution in [3.63, 3.8) is 0 Å². The molecule has 0 bridgehead atoms. The van der Waals surface area contributed by atoms with Crippen LogP contribution in [0.4, 0.5) is 0 Å². The highest BCUT2D eigenvalue weighted by atomic mass is 16.6. The topological polar surface area (TPSA) is 78.9 Å². The molecule has 0 saturated carbocycles. The van der Waals surface area contributed by atoms with Gasteiger partial charge in [-0.2, -0.15) is 0 Å². The molecule has 1 atom stereocenters. The van der Waals surface area contributed by atoms with Gasteiger partial charge in [-0.05, 0) is 83.5 Å². The van der Waals surface area contributed by atoms with Crippen molar-refractivity contribution in [3.8, 4) is 0 Å². The molecule has 0 rings (SSSR count). The Morgan fingerprint density at radius 3 is 0.775 bits per heavy atom. The Labute approximate surface area is 498 Å². The zero-order valence-electron chi connectivity index (χ0n) is 53.6. The summed E-state index contributed by atoms with van der Waals surface area (Å²) < 4.78 is 17.0. The Morgan fingerprint density at radius 1 is 0.263 bits per heavy atom. The molecule has 0 N–H and O–H groups in total. The number of hydrogen-bond donors (Lipinski definition) is 0. The van der Waals surface area contributed by atoms with E-state index in [0.717, 1.165) is 89.9 Å². The molecule has 0 aliphatic carbocycles. The first-order valence-corrected chi connectivity index (χ1v) is 35.3. The molecule has 0 amide bonds. The fraction of sp³-hybridized carbons (Fsp3) is 0.824. The molecule has 0 fully saturated rings. The lowest BCUT2D eigenvalue weighted by Crippen LogP contribution is -2.30. The first-order chi connectivity index (χ1) is 39.5. The number of esters is 3. The zero-order chi connectivity index (χ0) is 57.8. The molecule has 6 nitrogen and oxygen atoms in total. The summed E-state index contributed by atoms with van der Waals surface area (Å²) in [6.45, 7) is 6.58. The molecule has 0 aliphatic rings. The van der Waals surface area contributed by atoms with Crippen LogP contribution in [-0.4, -0.2) is 37.2 Å². The van der Waals surface area contributed by atoms with Gasteiger partial charge in [0.25, 0.3) is 0 Å². The van der Waals surface area contributed by atoms with Crippen LogP contribution < -0.4 is 0 Å². The van der Waals surface area contributed by atoms with Crippen molar-refractivity contribution in [3.05, 3.63) is 60.8 Å². The molecule has 1 unspecified atom stereocenters. The Morgan fingerprint density at radius 2 is 0.487 bits per heavy atom. The van der Waals surface area contributed by atoms with Crippen molar-refractivity contribution in [1.82, 2.24) is 0 Å². The highest BCUT2D eigenvalue weighted by Gasteiger charge is 2.19. The number of carbonyl (C=O) groups is 3. The van der Waals surface area contributed by atoms with Gasteiger partial charge >= 0.3 is 17.9 Å². The number of unbranched alkanes of at least 4 members (excludes halogenated alkanes) is 44. The molecule has 6 heteroatoms. The van der Waals surface area contributed by atoms with Crippen LogP contribution in [0, 0.1) is 0 Å². The van der Waals surface area contributed by atoms with Crippen molar-refractivity contribution < 1.29 is 28.6 Å². The minimum Gasteiger partial charge on any atom is -0.462 e. The molecule has 0 aromatic rings. The quantitative estimate of drug-likeness (QED) is 0.0261. The van der Waals surface area contributed by atoms with Gasteiger partial charge in [0.05, 0.1) is 0 Å². The van der Waals surface area contributed by atoms with Gasteiger partial charge in [0.1, 0.15) is 13.2 Å². The van der Waals surface area contributed by atoms with E-state index in [-0.39, 0.29) is 31.1 Å². The molecule has 0 aromatic heterocycles. The molecule has 80 heavy (non-hydrogen) atoms. The van der Waals surface area contributed by atoms with Gasteiger partial charge in [-0.15, -0.1) is 0 Å². The molecular formula is C74H134O6. The fourth-order valence-electron chi connectivity index (χ4n) is 10.5. The van der Waals surface area contributed by atoms with E-state index in [9.17, 15) is 14.4 Å². The number of carbonyl (C=O) groups excluding carboxylic acids is 3. The summed E-state index contributed by atoms with van der Waals surface area (Å²) in [6, 6.07) is 0. The van der Waals surface area contributed by atoms with E-state index >= 15 is 0 Å². The number of ether oxygens (including phenoxy) is 3. The minimum atomic E-state index is -0.775. The summed E-state index contributed by atoms with van der Waals surface area (Å²) in [7, 11) is 0. The predicted octanol–water partition coefficient (Wildman–Crippen LogP) is 24.3. The average molecular weight is 1120 g/mol. The van der Waals surface area contributed by atoms with Crippen LogP contribution in [0.1, 0.15) is 374 Å². The summed E-state index contributed by atoms with van der Waals surface area (Å²) in [5.41, 5.74) is 0. The summed E-state index contributed by atoms with van der Waals surface area (Å²) in [5, 5.41) is 0. The van der Waals surface area contributed by atoms with Crippen LogP contribution in [0.15, 0.2) is 60.8 Å². The maximum Gasteiger partial charge on any atom is 0.306 e. The lowest BCUT2D eigenvalue weighted by Gasteiger charge is -2.18. The Hall–Kier alpha value is -2.89. The van der Waals surface area contributed by atoms with Crippen molar-refractivity contribution in [2.45, 2.75) is 380 Å². The van der Waals surface area contributed by atoms with Crippen molar-refractivity contribution in [2.24, 2.45) is 0 Å². The van der Waals surface area contributed by atoms with Crippen LogP contribution >= 0.6 is 0 Å². The smallest absolute Gasteiger partial charge is 0.306 e. The average Bonchev–Trinajstić information content (AvgIpc) is 3.46. The Balaban J connectivity index is 4.22. The van der Waals surface area contributed by atoms with Crippen LogP contribution in [-0.2, 0) is 28.6 Å². The third kappa shape index (κ3) is 65.9. The summed E-state index contributed by atoms with van der Waals surface area (Å²) in [5.74, 6) is -0.854. The van der Waals surface area contributed by atoms with Crippen LogP contribution in [0.3, 0.4) is 0 Å². The maximum atomic E-state index is 12.9. The second-order valence-electron chi connectivity index (χ2n) is 23.8. The van der Waals surface area contributed by atoms with Gasteiger partial charge < -0.3 is 14.2 Å². The molecular weight excluding hydrogens is 985 g/mol. The summed E-state index contributed by atoms with van der Waals surface area (Å²) >= 11 is 0. The first kappa shape index (κ1) is 77.1. The third-order valence-electron chi connectivity index (χ3n) is 15.8. The standard InChI is InChI=1S/C74H134O6/c1-4-7-10-13-16-19-22-25-28-30-32-33-34-35-36-37-38-39-40-41-43-44-46-49-52-55-58-61-64-67-73(76)79-70-71(69-78-72(75)66-63-60-57-54-51-48-27-24-21-18-15-12-9-6-3)80-74(77)68-65-62-59-56-53-50-47-45-42-31-29-26-23-20-17-14-11-8-5-2/h7,10,16,19,24-25,27-28,32-33,71H,4-6,8-9,11-15,17-18,20-23,26,29-31,34-70H2,1-3H3/b10-7-,19-16-,27-24-,28-25-,33-32-. The lowest BCUT2D eigenvalue weighted by atomic mass is 10.0. The van der Waals surface area contributed by atoms with E-state index in [1.165, 1.54) is 244 Å². The van der Waals surface area contributed by atoms with Gasteiger partial charge in [-0.1, -0.05) is 332 Å². The second-order valence-corrected chi connectivity index (χ2v) is 23.8. The predicted molar refractivity (Wildman–Crippen MR) is 348 cm³/mol. The largest absolute Gasteiger partial charge is 0.462 e. The van der Waals surface area contributed by atoms with Crippen molar-refractivity contribution >= 4 is 17.9 Å². The van der Waals surface area contributed by atoms with Gasteiger partial charge in [0, 0.05) is 19.3 Å². The highest BCUT2D eigenvalue weighted by molar-refractivity contribution is 5.71.